The summed E-state index contributed by atoms with van der Waals surface area (Å²) >= 11 is 0. The fourth-order valence-electron chi connectivity index (χ4n) is 6.07. The molecule has 8 rings (SSSR count). The van der Waals surface area contributed by atoms with Crippen LogP contribution in [0.15, 0.2) is 114 Å². The van der Waals surface area contributed by atoms with E-state index in [0.29, 0.717) is 0 Å². The van der Waals surface area contributed by atoms with Crippen LogP contribution in [-0.2, 0) is 7.05 Å². The smallest absolute Gasteiger partial charge is 0.314 e. The first-order valence-electron chi connectivity index (χ1n) is 12.9. The highest BCUT2D eigenvalue weighted by atomic mass is 16.3. The van der Waals surface area contributed by atoms with Crippen LogP contribution >= 0.6 is 0 Å². The molecule has 5 aromatic carbocycles. The van der Waals surface area contributed by atoms with Crippen LogP contribution < -0.4 is 4.57 Å². The number of para-hydroxylation sites is 2. The largest absolute Gasteiger partial charge is 0.455 e. The maximum absolute atomic E-state index is 6.62. The summed E-state index contributed by atoms with van der Waals surface area (Å²) in [7, 11) is 2.13. The zero-order chi connectivity index (χ0) is 25.4. The average molecular weight is 491 g/mol. The maximum atomic E-state index is 6.62. The van der Waals surface area contributed by atoms with E-state index in [4.69, 9.17) is 9.40 Å². The molecular formula is C34H24N3O+. The Hall–Kier alpha value is -4.96. The van der Waals surface area contributed by atoms with Crippen LogP contribution in [0.2, 0.25) is 0 Å². The summed E-state index contributed by atoms with van der Waals surface area (Å²) in [6.07, 6.45) is 2.00. The standard InChI is InChI=1S/C34H24N3O/c1-21-16-18-26-31-24-13-7-6-10-22(24)17-19-29(31)38-33(26)30(21)28-20-35-32-25-14-8-9-15-27(25)37(34(32)36(28)2)23-11-4-3-5-12-23/h3-20H,1-2H3/q+1. The Balaban J connectivity index is 1.50. The summed E-state index contributed by atoms with van der Waals surface area (Å²) in [4.78, 5) is 5.06. The number of hydrogen-bond acceptors (Lipinski definition) is 2. The van der Waals surface area contributed by atoms with Crippen molar-refractivity contribution in [3.63, 3.8) is 0 Å². The van der Waals surface area contributed by atoms with Gasteiger partial charge in [0.05, 0.1) is 24.2 Å². The molecule has 0 amide bonds. The lowest BCUT2D eigenvalue weighted by Gasteiger charge is -2.09. The highest BCUT2D eigenvalue weighted by Gasteiger charge is 2.27. The molecule has 0 aliphatic carbocycles. The molecule has 0 N–H and O–H groups in total. The van der Waals surface area contributed by atoms with E-state index in [-0.39, 0.29) is 0 Å². The molecule has 3 aromatic heterocycles. The molecule has 0 saturated heterocycles. The highest BCUT2D eigenvalue weighted by Crippen LogP contribution is 2.40. The molecular weight excluding hydrogens is 466 g/mol. The molecule has 0 aliphatic heterocycles. The van der Waals surface area contributed by atoms with Gasteiger partial charge in [0.2, 0.25) is 0 Å². The van der Waals surface area contributed by atoms with Crippen LogP contribution in [0.25, 0.3) is 71.7 Å². The molecule has 0 radical (unpaired) electrons. The van der Waals surface area contributed by atoms with E-state index < -0.39 is 0 Å². The lowest BCUT2D eigenvalue weighted by Crippen LogP contribution is -2.34. The second-order valence-electron chi connectivity index (χ2n) is 9.96. The molecule has 0 aliphatic rings. The second-order valence-corrected chi connectivity index (χ2v) is 9.96. The van der Waals surface area contributed by atoms with Crippen molar-refractivity contribution >= 4 is 54.8 Å². The molecule has 0 saturated carbocycles. The van der Waals surface area contributed by atoms with Crippen LogP contribution in [0.1, 0.15) is 5.56 Å². The lowest BCUT2D eigenvalue weighted by molar-refractivity contribution is -0.636. The van der Waals surface area contributed by atoms with Crippen molar-refractivity contribution in [1.29, 1.82) is 0 Å². The molecule has 8 aromatic rings. The monoisotopic (exact) mass is 490 g/mol. The summed E-state index contributed by atoms with van der Waals surface area (Å²) in [6.45, 7) is 2.15. The van der Waals surface area contributed by atoms with E-state index in [1.807, 2.05) is 6.20 Å². The quantitative estimate of drug-likeness (QED) is 0.230. The van der Waals surface area contributed by atoms with Gasteiger partial charge in [-0.2, -0.15) is 4.57 Å². The third kappa shape index (κ3) is 2.80. The fourth-order valence-corrected chi connectivity index (χ4v) is 6.07. The SMILES string of the molecule is Cc1ccc2c(oc3ccc4ccccc4c32)c1-c1cnc2c3ccccc3n(-c3ccccc3)c2[n+]1C. The second kappa shape index (κ2) is 7.77. The number of nitrogens with zero attached hydrogens (tertiary/aromatic N) is 3. The van der Waals surface area contributed by atoms with Crippen LogP contribution in [0.3, 0.4) is 0 Å². The van der Waals surface area contributed by atoms with Crippen LogP contribution in [0.5, 0.6) is 0 Å². The third-order valence-electron chi connectivity index (χ3n) is 7.83. The molecule has 0 atom stereocenters. The minimum absolute atomic E-state index is 0.899. The number of aromatic nitrogens is 3. The van der Waals surface area contributed by atoms with Crippen molar-refractivity contribution in [3.8, 4) is 16.9 Å². The first-order chi connectivity index (χ1) is 18.7. The number of hydrogen-bond donors (Lipinski definition) is 0. The Labute approximate surface area is 219 Å². The van der Waals surface area contributed by atoms with Crippen molar-refractivity contribution in [2.24, 2.45) is 7.05 Å². The molecule has 38 heavy (non-hydrogen) atoms. The number of fused-ring (bicyclic) bond motifs is 8. The summed E-state index contributed by atoms with van der Waals surface area (Å²) in [5.74, 6) is 0. The zero-order valence-corrected chi connectivity index (χ0v) is 21.1. The Bertz CT molecular complexity index is 2200. The Morgan fingerprint density at radius 2 is 1.50 bits per heavy atom. The number of aryl methyl sites for hydroxylation is 2. The van der Waals surface area contributed by atoms with E-state index in [9.17, 15) is 0 Å². The zero-order valence-electron chi connectivity index (χ0n) is 21.1. The molecule has 0 spiro atoms. The normalized spacial score (nSPS) is 11.9. The average Bonchev–Trinajstić information content (AvgIpc) is 3.51. The van der Waals surface area contributed by atoms with E-state index in [1.54, 1.807) is 0 Å². The maximum Gasteiger partial charge on any atom is 0.314 e. The highest BCUT2D eigenvalue weighted by molar-refractivity contribution is 6.20. The molecule has 180 valence electrons. The minimum atomic E-state index is 0.899. The van der Waals surface area contributed by atoms with Gasteiger partial charge in [0.25, 0.3) is 0 Å². The predicted octanol–water partition coefficient (Wildman–Crippen LogP) is 8.03. The van der Waals surface area contributed by atoms with Crippen molar-refractivity contribution in [1.82, 2.24) is 9.55 Å². The number of benzene rings is 5. The Morgan fingerprint density at radius 1 is 0.737 bits per heavy atom. The molecule has 3 heterocycles. The lowest BCUT2D eigenvalue weighted by atomic mass is 9.99. The number of furan rings is 1. The van der Waals surface area contributed by atoms with Gasteiger partial charge < -0.3 is 4.42 Å². The van der Waals surface area contributed by atoms with Crippen molar-refractivity contribution in [2.45, 2.75) is 6.92 Å². The van der Waals surface area contributed by atoms with Gasteiger partial charge in [-0.15, -0.1) is 0 Å². The predicted molar refractivity (Wildman–Crippen MR) is 155 cm³/mol. The van der Waals surface area contributed by atoms with E-state index >= 15 is 0 Å². The van der Waals surface area contributed by atoms with Gasteiger partial charge in [-0.05, 0) is 53.6 Å². The molecule has 4 nitrogen and oxygen atoms in total. The van der Waals surface area contributed by atoms with Gasteiger partial charge in [-0.3, -0.25) is 0 Å². The van der Waals surface area contributed by atoms with Gasteiger partial charge in [0.15, 0.2) is 11.2 Å². The first kappa shape index (κ1) is 21.2. The van der Waals surface area contributed by atoms with E-state index in [0.717, 1.165) is 66.5 Å². The minimum Gasteiger partial charge on any atom is -0.455 e. The molecule has 0 unspecified atom stereocenters. The first-order valence-corrected chi connectivity index (χ1v) is 12.9. The van der Waals surface area contributed by atoms with Crippen molar-refractivity contribution in [3.05, 3.63) is 115 Å². The number of rotatable bonds is 2. The van der Waals surface area contributed by atoms with Gasteiger partial charge in [-0.1, -0.05) is 72.8 Å². The Morgan fingerprint density at radius 3 is 2.37 bits per heavy atom. The molecule has 0 bridgehead atoms. The van der Waals surface area contributed by atoms with Gasteiger partial charge in [-0.25, -0.2) is 9.55 Å². The topological polar surface area (TPSA) is 34.8 Å². The van der Waals surface area contributed by atoms with Crippen LogP contribution in [-0.4, -0.2) is 9.55 Å². The molecule has 4 heteroatoms. The van der Waals surface area contributed by atoms with E-state index in [1.165, 1.54) is 10.8 Å². The van der Waals surface area contributed by atoms with Gasteiger partial charge in [0.1, 0.15) is 22.4 Å². The summed E-state index contributed by atoms with van der Waals surface area (Å²) in [5.41, 5.74) is 9.33. The Kier molecular flexibility index (Phi) is 4.32. The van der Waals surface area contributed by atoms with Crippen molar-refractivity contribution in [2.75, 3.05) is 0 Å². The summed E-state index contributed by atoms with van der Waals surface area (Å²) in [5, 5.41) is 5.85. The molecule has 0 fully saturated rings. The van der Waals surface area contributed by atoms with Crippen LogP contribution in [0, 0.1) is 6.92 Å². The van der Waals surface area contributed by atoms with Crippen molar-refractivity contribution < 1.29 is 8.98 Å². The third-order valence-corrected chi connectivity index (χ3v) is 7.83. The summed E-state index contributed by atoms with van der Waals surface area (Å²) in [6, 6.07) is 36.1. The van der Waals surface area contributed by atoms with E-state index in [2.05, 4.69) is 126 Å². The van der Waals surface area contributed by atoms with Gasteiger partial charge in [0, 0.05) is 10.8 Å². The fraction of sp³-hybridized carbons (Fsp3) is 0.0588. The van der Waals surface area contributed by atoms with Crippen LogP contribution in [0.4, 0.5) is 0 Å². The van der Waals surface area contributed by atoms with Gasteiger partial charge >= 0.3 is 5.65 Å². The summed E-state index contributed by atoms with van der Waals surface area (Å²) < 4.78 is 11.2.